The number of hydrazine groups is 1. The zero-order valence-corrected chi connectivity index (χ0v) is 9.42. The number of sulfonamides is 1. The molecule has 0 radical (unpaired) electrons. The third kappa shape index (κ3) is 2.13. The number of nitrogens with zero attached hydrogens (tertiary/aromatic N) is 1. The summed E-state index contributed by atoms with van der Waals surface area (Å²) in [7, 11) is -3.17. The number of fused-ring (bicyclic) bond motifs is 1. The molecule has 1 heterocycles. The Morgan fingerprint density at radius 3 is 2.87 bits per heavy atom. The zero-order valence-electron chi connectivity index (χ0n) is 8.60. The van der Waals surface area contributed by atoms with Crippen LogP contribution in [0.3, 0.4) is 0 Å². The number of hydrogen-bond acceptors (Lipinski definition) is 3. The number of anilines is 1. The van der Waals surface area contributed by atoms with Crippen LogP contribution in [0.4, 0.5) is 5.69 Å². The van der Waals surface area contributed by atoms with E-state index in [0.29, 0.717) is 6.54 Å². The van der Waals surface area contributed by atoms with Gasteiger partial charge in [-0.3, -0.25) is 5.01 Å². The highest BCUT2D eigenvalue weighted by Crippen LogP contribution is 2.25. The molecule has 1 aromatic carbocycles. The van der Waals surface area contributed by atoms with Gasteiger partial charge in [0.2, 0.25) is 10.0 Å². The molecule has 4 nitrogen and oxygen atoms in total. The Balaban J connectivity index is 2.22. The van der Waals surface area contributed by atoms with Crippen LogP contribution in [-0.2, 0) is 16.4 Å². The fraction of sp³-hybridized carbons (Fsp3) is 0.400. The molecule has 1 aliphatic heterocycles. The Hall–Kier alpha value is -1.07. The lowest BCUT2D eigenvalue weighted by atomic mass is 10.2. The summed E-state index contributed by atoms with van der Waals surface area (Å²) in [5, 5.41) is 1.70. The minimum Gasteiger partial charge on any atom is -0.294 e. The van der Waals surface area contributed by atoms with Gasteiger partial charge in [-0.1, -0.05) is 18.2 Å². The first-order valence-corrected chi connectivity index (χ1v) is 6.63. The van der Waals surface area contributed by atoms with Crippen molar-refractivity contribution in [2.75, 3.05) is 17.3 Å². The smallest absolute Gasteiger partial charge is 0.228 e. The van der Waals surface area contributed by atoms with Crippen LogP contribution in [0.25, 0.3) is 0 Å². The molecule has 0 bridgehead atoms. The molecule has 82 valence electrons. The molecule has 0 fully saturated rings. The summed E-state index contributed by atoms with van der Waals surface area (Å²) in [4.78, 5) is 2.57. The first-order valence-electron chi connectivity index (χ1n) is 4.98. The van der Waals surface area contributed by atoms with Gasteiger partial charge in [0.05, 0.1) is 11.4 Å². The van der Waals surface area contributed by atoms with Crippen molar-refractivity contribution in [3.8, 4) is 0 Å². The standard InChI is InChI=1S/C10H14N2O2S/c1-2-15(13,14)11-12-8-7-9-5-3-4-6-10(9)12/h3-6,11H,2,7-8H2,1H3. The van der Waals surface area contributed by atoms with Crippen molar-refractivity contribution in [1.82, 2.24) is 4.83 Å². The monoisotopic (exact) mass is 226 g/mol. The summed E-state index contributed by atoms with van der Waals surface area (Å²) in [6, 6.07) is 7.84. The predicted octanol–water partition coefficient (Wildman–Crippen LogP) is 0.903. The second-order valence-corrected chi connectivity index (χ2v) is 5.51. The Labute approximate surface area is 89.9 Å². The SMILES string of the molecule is CCS(=O)(=O)NN1CCc2ccccc21. The zero-order chi connectivity index (χ0) is 10.9. The molecule has 2 rings (SSSR count). The summed E-state index contributed by atoms with van der Waals surface area (Å²) in [5.41, 5.74) is 2.16. The lowest BCUT2D eigenvalue weighted by Crippen LogP contribution is -2.41. The fourth-order valence-electron chi connectivity index (χ4n) is 1.67. The molecule has 1 N–H and O–H groups in total. The molecule has 15 heavy (non-hydrogen) atoms. The molecule has 0 spiro atoms. The van der Waals surface area contributed by atoms with Gasteiger partial charge < -0.3 is 0 Å². The van der Waals surface area contributed by atoms with Gasteiger partial charge in [-0.2, -0.15) is 0 Å². The van der Waals surface area contributed by atoms with E-state index in [1.165, 1.54) is 5.56 Å². The van der Waals surface area contributed by atoms with Gasteiger partial charge in [0, 0.05) is 6.54 Å². The number of para-hydroxylation sites is 1. The van der Waals surface area contributed by atoms with E-state index in [0.717, 1.165) is 12.1 Å². The van der Waals surface area contributed by atoms with Crippen LogP contribution in [-0.4, -0.2) is 20.7 Å². The van der Waals surface area contributed by atoms with Gasteiger partial charge in [0.25, 0.3) is 0 Å². The second kappa shape index (κ2) is 3.83. The van der Waals surface area contributed by atoms with E-state index in [2.05, 4.69) is 4.83 Å². The van der Waals surface area contributed by atoms with Gasteiger partial charge in [-0.25, -0.2) is 8.42 Å². The maximum absolute atomic E-state index is 11.4. The third-order valence-corrected chi connectivity index (χ3v) is 3.78. The van der Waals surface area contributed by atoms with E-state index in [1.807, 2.05) is 24.3 Å². The second-order valence-electron chi connectivity index (χ2n) is 3.53. The molecule has 0 unspecified atom stereocenters. The number of benzene rings is 1. The van der Waals surface area contributed by atoms with Crippen LogP contribution in [0.1, 0.15) is 12.5 Å². The average molecular weight is 226 g/mol. The maximum Gasteiger partial charge on any atom is 0.228 e. The van der Waals surface area contributed by atoms with Gasteiger partial charge in [0.15, 0.2) is 0 Å². The highest BCUT2D eigenvalue weighted by molar-refractivity contribution is 7.89. The van der Waals surface area contributed by atoms with E-state index in [-0.39, 0.29) is 5.75 Å². The van der Waals surface area contributed by atoms with Crippen molar-refractivity contribution < 1.29 is 8.42 Å². The van der Waals surface area contributed by atoms with Crippen molar-refractivity contribution in [2.24, 2.45) is 0 Å². The Bertz CT molecular complexity index is 456. The van der Waals surface area contributed by atoms with Crippen molar-refractivity contribution in [2.45, 2.75) is 13.3 Å². The predicted molar refractivity (Wildman–Crippen MR) is 60.1 cm³/mol. The number of rotatable bonds is 3. The van der Waals surface area contributed by atoms with Gasteiger partial charge in [0.1, 0.15) is 0 Å². The van der Waals surface area contributed by atoms with E-state index in [4.69, 9.17) is 0 Å². The summed E-state index contributed by atoms with van der Waals surface area (Å²) < 4.78 is 22.8. The first kappa shape index (κ1) is 10.4. The topological polar surface area (TPSA) is 49.4 Å². The van der Waals surface area contributed by atoms with E-state index >= 15 is 0 Å². The van der Waals surface area contributed by atoms with Gasteiger partial charge in [-0.05, 0) is 25.0 Å². The minimum absolute atomic E-state index is 0.103. The molecule has 1 aromatic rings. The third-order valence-electron chi connectivity index (χ3n) is 2.52. The molecule has 1 aliphatic rings. The van der Waals surface area contributed by atoms with Crippen LogP contribution >= 0.6 is 0 Å². The van der Waals surface area contributed by atoms with Gasteiger partial charge in [-0.15, -0.1) is 4.83 Å². The Morgan fingerprint density at radius 2 is 2.13 bits per heavy atom. The van der Waals surface area contributed by atoms with Crippen LogP contribution in [0.2, 0.25) is 0 Å². The van der Waals surface area contributed by atoms with Crippen molar-refractivity contribution in [3.05, 3.63) is 29.8 Å². The first-order chi connectivity index (χ1) is 7.12. The lowest BCUT2D eigenvalue weighted by Gasteiger charge is -2.19. The van der Waals surface area contributed by atoms with Crippen LogP contribution in [0, 0.1) is 0 Å². The van der Waals surface area contributed by atoms with Crippen molar-refractivity contribution in [1.29, 1.82) is 0 Å². The normalized spacial score (nSPS) is 15.4. The van der Waals surface area contributed by atoms with Gasteiger partial charge >= 0.3 is 0 Å². The number of hydrogen-bond donors (Lipinski definition) is 1. The molecule has 0 atom stereocenters. The molecule has 5 heteroatoms. The molecule has 0 amide bonds. The van der Waals surface area contributed by atoms with Crippen LogP contribution < -0.4 is 9.84 Å². The molecule has 0 aliphatic carbocycles. The molecule has 0 saturated carbocycles. The van der Waals surface area contributed by atoms with E-state index < -0.39 is 10.0 Å². The summed E-state index contributed by atoms with van der Waals surface area (Å²) in [6.07, 6.45) is 0.891. The maximum atomic E-state index is 11.4. The number of nitrogens with one attached hydrogen (secondary N) is 1. The minimum atomic E-state index is -3.17. The molecule has 0 saturated heterocycles. The van der Waals surface area contributed by atoms with Crippen LogP contribution in [0.5, 0.6) is 0 Å². The molecular weight excluding hydrogens is 212 g/mol. The molecule has 0 aromatic heterocycles. The largest absolute Gasteiger partial charge is 0.294 e. The van der Waals surface area contributed by atoms with Crippen molar-refractivity contribution in [3.63, 3.8) is 0 Å². The average Bonchev–Trinajstić information content (AvgIpc) is 2.62. The summed E-state index contributed by atoms with van der Waals surface area (Å²) in [5.74, 6) is 0.103. The van der Waals surface area contributed by atoms with E-state index in [1.54, 1.807) is 11.9 Å². The Kier molecular flexibility index (Phi) is 2.67. The van der Waals surface area contributed by atoms with Crippen molar-refractivity contribution >= 4 is 15.7 Å². The highest BCUT2D eigenvalue weighted by atomic mass is 32.2. The van der Waals surface area contributed by atoms with Crippen LogP contribution in [0.15, 0.2) is 24.3 Å². The highest BCUT2D eigenvalue weighted by Gasteiger charge is 2.21. The van der Waals surface area contributed by atoms with E-state index in [9.17, 15) is 8.42 Å². The summed E-state index contributed by atoms with van der Waals surface area (Å²) >= 11 is 0. The quantitative estimate of drug-likeness (QED) is 0.833. The summed E-state index contributed by atoms with van der Waals surface area (Å²) in [6.45, 7) is 2.34. The lowest BCUT2D eigenvalue weighted by molar-refractivity contribution is 0.579. The Morgan fingerprint density at radius 1 is 1.40 bits per heavy atom. The fourth-order valence-corrected chi connectivity index (χ4v) is 2.32. The molecular formula is C10H14N2O2S.